The molecule has 2 unspecified atom stereocenters. The van der Waals surface area contributed by atoms with Crippen LogP contribution in [0.2, 0.25) is 0 Å². The van der Waals surface area contributed by atoms with Crippen LogP contribution in [0.1, 0.15) is 35.6 Å². The standard InChI is InChI=1S/C21H21FN2O2/c22-15-8-9-17-18(11-15)19(21(25)26)13-24(16-7-4-10-23-12-16)20(17)14-5-2-1-3-6-14/h1-3,5-6,8-9,11,13,16,20,23H,4,7,10,12H2,(H,25,26). The molecule has 2 aromatic rings. The second kappa shape index (κ2) is 6.92. The lowest BCUT2D eigenvalue weighted by molar-refractivity contribution is -0.130. The Morgan fingerprint density at radius 2 is 2.00 bits per heavy atom. The summed E-state index contributed by atoms with van der Waals surface area (Å²) in [6, 6.07) is 14.5. The average Bonchev–Trinajstić information content (AvgIpc) is 2.67. The van der Waals surface area contributed by atoms with Gasteiger partial charge in [-0.3, -0.25) is 0 Å². The first-order valence-corrected chi connectivity index (χ1v) is 8.93. The third-order valence-electron chi connectivity index (χ3n) is 5.21. The number of nitrogens with one attached hydrogen (secondary N) is 1. The zero-order chi connectivity index (χ0) is 18.1. The third-order valence-corrected chi connectivity index (χ3v) is 5.21. The van der Waals surface area contributed by atoms with Crippen molar-refractivity contribution in [3.8, 4) is 0 Å². The predicted octanol–water partition coefficient (Wildman–Crippen LogP) is 3.41. The number of benzene rings is 2. The van der Waals surface area contributed by atoms with Crippen LogP contribution in [-0.4, -0.2) is 35.1 Å². The highest BCUT2D eigenvalue weighted by Crippen LogP contribution is 2.41. The number of carboxylic acids is 1. The maximum Gasteiger partial charge on any atom is 0.337 e. The van der Waals surface area contributed by atoms with Gasteiger partial charge in [0, 0.05) is 18.8 Å². The van der Waals surface area contributed by atoms with Crippen molar-refractivity contribution in [3.05, 3.63) is 77.2 Å². The van der Waals surface area contributed by atoms with Gasteiger partial charge in [0.2, 0.25) is 0 Å². The molecule has 0 spiro atoms. The van der Waals surface area contributed by atoms with Crippen molar-refractivity contribution < 1.29 is 14.3 Å². The summed E-state index contributed by atoms with van der Waals surface area (Å²) in [5.74, 6) is -1.45. The number of nitrogens with zero attached hydrogens (tertiary/aromatic N) is 1. The molecule has 2 heterocycles. The third kappa shape index (κ3) is 2.99. The van der Waals surface area contributed by atoms with Crippen molar-refractivity contribution in [3.63, 3.8) is 0 Å². The van der Waals surface area contributed by atoms with E-state index < -0.39 is 11.8 Å². The molecular formula is C21H21FN2O2. The summed E-state index contributed by atoms with van der Waals surface area (Å²) in [7, 11) is 0. The molecule has 1 saturated heterocycles. The summed E-state index contributed by atoms with van der Waals surface area (Å²) in [5, 5.41) is 13.1. The first-order chi connectivity index (χ1) is 12.6. The summed E-state index contributed by atoms with van der Waals surface area (Å²) in [6.07, 6.45) is 3.75. The van der Waals surface area contributed by atoms with Crippen LogP contribution < -0.4 is 5.32 Å². The topological polar surface area (TPSA) is 52.6 Å². The molecular weight excluding hydrogens is 331 g/mol. The van der Waals surface area contributed by atoms with Crippen LogP contribution >= 0.6 is 0 Å². The number of halogens is 1. The first-order valence-electron chi connectivity index (χ1n) is 8.93. The van der Waals surface area contributed by atoms with Gasteiger partial charge in [0.25, 0.3) is 0 Å². The molecule has 2 aromatic carbocycles. The molecule has 0 amide bonds. The second-order valence-corrected chi connectivity index (χ2v) is 6.84. The Morgan fingerprint density at radius 3 is 2.69 bits per heavy atom. The Labute approximate surface area is 152 Å². The molecule has 2 aliphatic heterocycles. The number of hydrogen-bond donors (Lipinski definition) is 2. The van der Waals surface area contributed by atoms with Gasteiger partial charge in [-0.2, -0.15) is 0 Å². The van der Waals surface area contributed by atoms with Gasteiger partial charge in [-0.15, -0.1) is 0 Å². The molecule has 5 heteroatoms. The Balaban J connectivity index is 1.89. The molecule has 0 aromatic heterocycles. The first kappa shape index (κ1) is 16.8. The lowest BCUT2D eigenvalue weighted by atomic mass is 9.85. The van der Waals surface area contributed by atoms with E-state index in [0.717, 1.165) is 37.1 Å². The minimum Gasteiger partial charge on any atom is -0.478 e. The molecule has 1 fully saturated rings. The van der Waals surface area contributed by atoms with Gasteiger partial charge in [0.15, 0.2) is 0 Å². The number of carboxylic acid groups (broad SMARTS) is 1. The number of hydrogen-bond acceptors (Lipinski definition) is 3. The highest BCUT2D eigenvalue weighted by Gasteiger charge is 2.35. The lowest BCUT2D eigenvalue weighted by Gasteiger charge is -2.43. The van der Waals surface area contributed by atoms with E-state index in [1.807, 2.05) is 30.3 Å². The average molecular weight is 352 g/mol. The van der Waals surface area contributed by atoms with Crippen molar-refractivity contribution in [2.24, 2.45) is 0 Å². The van der Waals surface area contributed by atoms with Crippen molar-refractivity contribution >= 4 is 11.5 Å². The van der Waals surface area contributed by atoms with E-state index in [0.29, 0.717) is 5.56 Å². The Hall–Kier alpha value is -2.66. The van der Waals surface area contributed by atoms with Gasteiger partial charge in [0.05, 0.1) is 11.6 Å². The van der Waals surface area contributed by atoms with Gasteiger partial charge in [0.1, 0.15) is 5.82 Å². The molecule has 0 saturated carbocycles. The van der Waals surface area contributed by atoms with Crippen molar-refractivity contribution in [2.75, 3.05) is 13.1 Å². The van der Waals surface area contributed by atoms with E-state index in [1.54, 1.807) is 12.3 Å². The zero-order valence-electron chi connectivity index (χ0n) is 14.4. The molecule has 0 radical (unpaired) electrons. The predicted molar refractivity (Wildman–Crippen MR) is 98.0 cm³/mol. The van der Waals surface area contributed by atoms with Crippen LogP contribution in [0.5, 0.6) is 0 Å². The van der Waals surface area contributed by atoms with Crippen molar-refractivity contribution in [1.29, 1.82) is 0 Å². The molecule has 2 atom stereocenters. The van der Waals surface area contributed by atoms with Crippen molar-refractivity contribution in [1.82, 2.24) is 10.2 Å². The number of rotatable bonds is 3. The zero-order valence-corrected chi connectivity index (χ0v) is 14.4. The highest BCUT2D eigenvalue weighted by molar-refractivity contribution is 6.16. The lowest BCUT2D eigenvalue weighted by Crippen LogP contribution is -2.46. The Bertz CT molecular complexity index is 844. The van der Waals surface area contributed by atoms with Crippen LogP contribution in [0.4, 0.5) is 4.39 Å². The number of piperidine rings is 1. The van der Waals surface area contributed by atoms with Gasteiger partial charge >= 0.3 is 5.97 Å². The minimum absolute atomic E-state index is 0.125. The number of fused-ring (bicyclic) bond motifs is 1. The monoisotopic (exact) mass is 352 g/mol. The highest BCUT2D eigenvalue weighted by atomic mass is 19.1. The van der Waals surface area contributed by atoms with Crippen LogP contribution in [0.15, 0.2) is 54.7 Å². The van der Waals surface area contributed by atoms with Crippen LogP contribution in [0.25, 0.3) is 5.57 Å². The summed E-state index contributed by atoms with van der Waals surface area (Å²) in [6.45, 7) is 1.79. The van der Waals surface area contributed by atoms with E-state index in [2.05, 4.69) is 10.2 Å². The molecule has 4 rings (SSSR count). The normalized spacial score (nSPS) is 22.5. The smallest absolute Gasteiger partial charge is 0.337 e. The van der Waals surface area contributed by atoms with E-state index in [4.69, 9.17) is 0 Å². The fourth-order valence-electron chi connectivity index (χ4n) is 4.02. The van der Waals surface area contributed by atoms with Gasteiger partial charge in [-0.25, -0.2) is 9.18 Å². The summed E-state index contributed by atoms with van der Waals surface area (Å²) < 4.78 is 13.9. The largest absolute Gasteiger partial charge is 0.478 e. The summed E-state index contributed by atoms with van der Waals surface area (Å²) >= 11 is 0. The van der Waals surface area contributed by atoms with Crippen LogP contribution in [0.3, 0.4) is 0 Å². The molecule has 4 nitrogen and oxygen atoms in total. The fraction of sp³-hybridized carbons (Fsp3) is 0.286. The van der Waals surface area contributed by atoms with Crippen LogP contribution in [-0.2, 0) is 4.79 Å². The quantitative estimate of drug-likeness (QED) is 0.889. The van der Waals surface area contributed by atoms with E-state index in [1.165, 1.54) is 12.1 Å². The molecule has 26 heavy (non-hydrogen) atoms. The van der Waals surface area contributed by atoms with Crippen LogP contribution in [0, 0.1) is 5.82 Å². The van der Waals surface area contributed by atoms with E-state index in [-0.39, 0.29) is 17.7 Å². The molecule has 134 valence electrons. The van der Waals surface area contributed by atoms with Gasteiger partial charge < -0.3 is 15.3 Å². The summed E-state index contributed by atoms with van der Waals surface area (Å²) in [4.78, 5) is 14.0. The maximum atomic E-state index is 13.9. The fourth-order valence-corrected chi connectivity index (χ4v) is 4.02. The van der Waals surface area contributed by atoms with Gasteiger partial charge in [-0.05, 0) is 48.2 Å². The number of carbonyl (C=O) groups is 1. The van der Waals surface area contributed by atoms with Crippen molar-refractivity contribution in [2.45, 2.75) is 24.9 Å². The molecule has 2 N–H and O–H groups in total. The molecule has 0 bridgehead atoms. The van der Waals surface area contributed by atoms with E-state index in [9.17, 15) is 14.3 Å². The minimum atomic E-state index is -1.03. The Morgan fingerprint density at radius 1 is 1.19 bits per heavy atom. The Kier molecular flexibility index (Phi) is 4.47. The molecule has 0 aliphatic carbocycles. The molecule has 2 aliphatic rings. The number of aliphatic carboxylic acids is 1. The van der Waals surface area contributed by atoms with Gasteiger partial charge in [-0.1, -0.05) is 36.4 Å². The SMILES string of the molecule is O=C(O)C1=CN(C2CCCNC2)C(c2ccccc2)c2ccc(F)cc21. The summed E-state index contributed by atoms with van der Waals surface area (Å²) in [5.41, 5.74) is 2.53. The van der Waals surface area contributed by atoms with E-state index >= 15 is 0 Å². The maximum absolute atomic E-state index is 13.9. The second-order valence-electron chi connectivity index (χ2n) is 6.84.